The van der Waals surface area contributed by atoms with Gasteiger partial charge in [0.05, 0.1) is 6.54 Å². The van der Waals surface area contributed by atoms with Crippen molar-refractivity contribution in [3.05, 3.63) is 59.7 Å². The van der Waals surface area contributed by atoms with E-state index in [9.17, 15) is 14.4 Å². The molecule has 8 heteroatoms. The summed E-state index contributed by atoms with van der Waals surface area (Å²) in [6, 6.07) is 14.0. The van der Waals surface area contributed by atoms with Crippen LogP contribution in [0.3, 0.4) is 0 Å². The van der Waals surface area contributed by atoms with Crippen molar-refractivity contribution < 1.29 is 19.1 Å². The van der Waals surface area contributed by atoms with E-state index in [2.05, 4.69) is 16.0 Å². The second-order valence-corrected chi connectivity index (χ2v) is 7.66. The average molecular weight is 439 g/mol. The molecule has 0 saturated carbocycles. The van der Waals surface area contributed by atoms with E-state index in [1.807, 2.05) is 4.90 Å². The molecule has 0 aliphatic carbocycles. The predicted molar refractivity (Wildman–Crippen MR) is 124 cm³/mol. The Labute approximate surface area is 188 Å². The van der Waals surface area contributed by atoms with Crippen molar-refractivity contribution in [2.24, 2.45) is 0 Å². The molecule has 170 valence electrons. The first kappa shape index (κ1) is 23.3. The minimum Gasteiger partial charge on any atom is -0.385 e. The van der Waals surface area contributed by atoms with E-state index in [1.54, 1.807) is 55.6 Å². The first-order valence-corrected chi connectivity index (χ1v) is 10.9. The Morgan fingerprint density at radius 3 is 2.41 bits per heavy atom. The molecule has 1 saturated heterocycles. The third kappa shape index (κ3) is 6.81. The summed E-state index contributed by atoms with van der Waals surface area (Å²) in [4.78, 5) is 39.0. The van der Waals surface area contributed by atoms with E-state index in [0.717, 1.165) is 32.4 Å². The summed E-state index contributed by atoms with van der Waals surface area (Å²) >= 11 is 0. The van der Waals surface area contributed by atoms with Gasteiger partial charge >= 0.3 is 0 Å². The highest BCUT2D eigenvalue weighted by molar-refractivity contribution is 5.98. The van der Waals surface area contributed by atoms with Gasteiger partial charge in [-0.3, -0.25) is 14.4 Å². The molecule has 3 N–H and O–H groups in total. The first-order valence-electron chi connectivity index (χ1n) is 10.9. The Hall–Kier alpha value is -3.39. The smallest absolute Gasteiger partial charge is 0.253 e. The van der Waals surface area contributed by atoms with Crippen LogP contribution in [0.15, 0.2) is 48.5 Å². The average Bonchev–Trinajstić information content (AvgIpc) is 3.35. The van der Waals surface area contributed by atoms with E-state index in [-0.39, 0.29) is 24.3 Å². The summed E-state index contributed by atoms with van der Waals surface area (Å²) in [5.41, 5.74) is 2.33. The maximum Gasteiger partial charge on any atom is 0.253 e. The van der Waals surface area contributed by atoms with Crippen LogP contribution in [0.25, 0.3) is 0 Å². The Kier molecular flexibility index (Phi) is 8.62. The van der Waals surface area contributed by atoms with Crippen LogP contribution in [0.5, 0.6) is 0 Å². The molecule has 3 amide bonds. The Morgan fingerprint density at radius 2 is 1.66 bits per heavy atom. The number of methoxy groups -OCH3 is 1. The zero-order valence-corrected chi connectivity index (χ0v) is 18.4. The third-order valence-corrected chi connectivity index (χ3v) is 5.18. The topological polar surface area (TPSA) is 99.8 Å². The van der Waals surface area contributed by atoms with E-state index < -0.39 is 0 Å². The molecule has 1 heterocycles. The molecule has 32 heavy (non-hydrogen) atoms. The quantitative estimate of drug-likeness (QED) is 0.496. The number of likely N-dealkylation sites (tertiary alicyclic amines) is 1. The van der Waals surface area contributed by atoms with Crippen LogP contribution in [0, 0.1) is 0 Å². The molecule has 0 atom stereocenters. The van der Waals surface area contributed by atoms with Gasteiger partial charge in [-0.25, -0.2) is 0 Å². The number of ether oxygens (including phenoxy) is 1. The van der Waals surface area contributed by atoms with Crippen molar-refractivity contribution in [3.63, 3.8) is 0 Å². The molecule has 3 rings (SSSR count). The van der Waals surface area contributed by atoms with Gasteiger partial charge < -0.3 is 25.6 Å². The largest absolute Gasteiger partial charge is 0.385 e. The summed E-state index contributed by atoms with van der Waals surface area (Å²) < 4.78 is 4.97. The number of hydrogen-bond acceptors (Lipinski definition) is 5. The summed E-state index contributed by atoms with van der Waals surface area (Å²) in [5, 5.41) is 8.68. The fraction of sp³-hybridized carbons (Fsp3) is 0.375. The zero-order valence-electron chi connectivity index (χ0n) is 18.4. The van der Waals surface area contributed by atoms with Gasteiger partial charge in [0.15, 0.2) is 0 Å². The molecule has 0 aromatic heterocycles. The zero-order chi connectivity index (χ0) is 22.8. The van der Waals surface area contributed by atoms with Crippen molar-refractivity contribution in [2.45, 2.75) is 19.3 Å². The molecule has 0 unspecified atom stereocenters. The lowest BCUT2D eigenvalue weighted by molar-refractivity contribution is -0.114. The molecule has 8 nitrogen and oxygen atoms in total. The SMILES string of the molecule is COCCCNC(=O)c1cccc(NCC(=O)Nc2cccc(C(=O)N3CCCC3)c2)c1. The Bertz CT molecular complexity index is 941. The van der Waals surface area contributed by atoms with Crippen molar-refractivity contribution >= 4 is 29.1 Å². The van der Waals surface area contributed by atoms with Crippen LogP contribution < -0.4 is 16.0 Å². The standard InChI is InChI=1S/C24H30N4O4/c1-32-14-6-11-25-23(30)18-7-4-9-20(15-18)26-17-22(29)27-21-10-5-8-19(16-21)24(31)28-12-2-3-13-28/h4-5,7-10,15-16,26H,2-3,6,11-14,17H2,1H3,(H,25,30)(H,27,29). The van der Waals surface area contributed by atoms with Crippen LogP contribution in [0.1, 0.15) is 40.0 Å². The van der Waals surface area contributed by atoms with Crippen LogP contribution >= 0.6 is 0 Å². The van der Waals surface area contributed by atoms with Gasteiger partial charge in [-0.15, -0.1) is 0 Å². The monoisotopic (exact) mass is 438 g/mol. The summed E-state index contributed by atoms with van der Waals surface area (Å²) in [6.07, 6.45) is 2.81. The van der Waals surface area contributed by atoms with Crippen molar-refractivity contribution in [1.82, 2.24) is 10.2 Å². The molecule has 0 radical (unpaired) electrons. The van der Waals surface area contributed by atoms with Gasteiger partial charge in [0.2, 0.25) is 5.91 Å². The highest BCUT2D eigenvalue weighted by atomic mass is 16.5. The Morgan fingerprint density at radius 1 is 0.969 bits per heavy atom. The van der Waals surface area contributed by atoms with Gasteiger partial charge in [0.25, 0.3) is 11.8 Å². The van der Waals surface area contributed by atoms with Crippen molar-refractivity contribution in [1.29, 1.82) is 0 Å². The lowest BCUT2D eigenvalue weighted by atomic mass is 10.1. The number of nitrogens with one attached hydrogen (secondary N) is 3. The van der Waals surface area contributed by atoms with Crippen LogP contribution in [-0.4, -0.2) is 62.5 Å². The lowest BCUT2D eigenvalue weighted by Gasteiger charge is -2.16. The minimum atomic E-state index is -0.245. The number of hydrogen-bond donors (Lipinski definition) is 3. The molecule has 1 aliphatic rings. The first-order chi connectivity index (χ1) is 15.6. The van der Waals surface area contributed by atoms with Crippen molar-refractivity contribution in [3.8, 4) is 0 Å². The minimum absolute atomic E-state index is 0.00552. The summed E-state index contributed by atoms with van der Waals surface area (Å²) in [7, 11) is 1.62. The predicted octanol–water partition coefficient (Wildman–Crippen LogP) is 2.74. The van der Waals surface area contributed by atoms with E-state index in [4.69, 9.17) is 4.74 Å². The number of carbonyl (C=O) groups is 3. The number of anilines is 2. The number of rotatable bonds is 10. The fourth-order valence-electron chi connectivity index (χ4n) is 3.51. The van der Waals surface area contributed by atoms with Crippen molar-refractivity contribution in [2.75, 3.05) is 50.5 Å². The van der Waals surface area contributed by atoms with Gasteiger partial charge in [-0.1, -0.05) is 12.1 Å². The van der Waals surface area contributed by atoms with Gasteiger partial charge in [0, 0.05) is 55.9 Å². The molecule has 1 fully saturated rings. The van der Waals surface area contributed by atoms with E-state index in [1.165, 1.54) is 0 Å². The number of nitrogens with zero attached hydrogens (tertiary/aromatic N) is 1. The van der Waals surface area contributed by atoms with E-state index >= 15 is 0 Å². The number of amides is 3. The number of carbonyl (C=O) groups excluding carboxylic acids is 3. The third-order valence-electron chi connectivity index (χ3n) is 5.18. The molecule has 2 aromatic carbocycles. The number of benzene rings is 2. The van der Waals surface area contributed by atoms with E-state index in [0.29, 0.717) is 35.7 Å². The second kappa shape index (κ2) is 11.9. The highest BCUT2D eigenvalue weighted by Crippen LogP contribution is 2.16. The summed E-state index contributed by atoms with van der Waals surface area (Å²) in [5.74, 6) is -0.423. The molecule has 1 aliphatic heterocycles. The molecule has 0 bridgehead atoms. The van der Waals surface area contributed by atoms with Gasteiger partial charge in [-0.05, 0) is 55.7 Å². The van der Waals surface area contributed by atoms with Crippen LogP contribution in [-0.2, 0) is 9.53 Å². The normalized spacial score (nSPS) is 13.0. The summed E-state index contributed by atoms with van der Waals surface area (Å²) in [6.45, 7) is 2.72. The maximum absolute atomic E-state index is 12.5. The Balaban J connectivity index is 1.50. The molecule has 2 aromatic rings. The second-order valence-electron chi connectivity index (χ2n) is 7.66. The van der Waals surface area contributed by atoms with Crippen LogP contribution in [0.2, 0.25) is 0 Å². The van der Waals surface area contributed by atoms with Gasteiger partial charge in [0.1, 0.15) is 0 Å². The fourth-order valence-corrected chi connectivity index (χ4v) is 3.51. The molecular weight excluding hydrogens is 408 g/mol. The van der Waals surface area contributed by atoms with Crippen LogP contribution in [0.4, 0.5) is 11.4 Å². The molecular formula is C24H30N4O4. The molecule has 0 spiro atoms. The maximum atomic E-state index is 12.5. The highest BCUT2D eigenvalue weighted by Gasteiger charge is 2.19. The lowest BCUT2D eigenvalue weighted by Crippen LogP contribution is -2.27. The van der Waals surface area contributed by atoms with Gasteiger partial charge in [-0.2, -0.15) is 0 Å².